The maximum Gasteiger partial charge on any atom is 0.249 e. The van der Waals surface area contributed by atoms with Gasteiger partial charge < -0.3 is 9.72 Å². The van der Waals surface area contributed by atoms with E-state index in [1.165, 1.54) is 6.26 Å². The fourth-order valence-corrected chi connectivity index (χ4v) is 6.98. The number of aromatic amines is 1. The van der Waals surface area contributed by atoms with Crippen molar-refractivity contribution < 1.29 is 21.9 Å². The van der Waals surface area contributed by atoms with Gasteiger partial charge in [0.2, 0.25) is 5.92 Å². The number of ether oxygens (including phenoxy) is 1. The number of halogens is 2. The molecule has 2 heterocycles. The van der Waals surface area contributed by atoms with Gasteiger partial charge in [0.05, 0.1) is 12.9 Å². The molecule has 1 unspecified atom stereocenters. The first-order valence-electron chi connectivity index (χ1n) is 12.0. The third kappa shape index (κ3) is 4.83. The Labute approximate surface area is 205 Å². The molecule has 1 N–H and O–H groups in total. The number of likely N-dealkylation sites (tertiary alicyclic amines) is 1. The summed E-state index contributed by atoms with van der Waals surface area (Å²) in [6.45, 7) is 3.40. The summed E-state index contributed by atoms with van der Waals surface area (Å²) in [7, 11) is -1.45. The highest BCUT2D eigenvalue weighted by molar-refractivity contribution is 7.89. The zero-order valence-electron chi connectivity index (χ0n) is 20.4. The number of aromatic nitrogens is 1. The number of piperidine rings is 1. The van der Waals surface area contributed by atoms with E-state index >= 15 is 0 Å². The molecule has 1 aliphatic carbocycles. The molecule has 3 aromatic rings. The quantitative estimate of drug-likeness (QED) is 0.464. The molecular formula is C27H32F2N2O3S. The Hall–Kier alpha value is -2.45. The van der Waals surface area contributed by atoms with Crippen LogP contribution in [-0.2, 0) is 22.1 Å². The van der Waals surface area contributed by atoms with Crippen LogP contribution < -0.4 is 4.74 Å². The van der Waals surface area contributed by atoms with Gasteiger partial charge in [0, 0.05) is 54.3 Å². The Balaban J connectivity index is 1.48. The van der Waals surface area contributed by atoms with Crippen LogP contribution >= 0.6 is 0 Å². The lowest BCUT2D eigenvalue weighted by molar-refractivity contribution is -0.186. The Kier molecular flexibility index (Phi) is 5.95. The Morgan fingerprint density at radius 1 is 1.17 bits per heavy atom. The lowest BCUT2D eigenvalue weighted by Gasteiger charge is -2.54. The average Bonchev–Trinajstić information content (AvgIpc) is 3.25. The number of hydrogen-bond acceptors (Lipinski definition) is 4. The van der Waals surface area contributed by atoms with E-state index in [9.17, 15) is 17.2 Å². The number of aryl methyl sites for hydroxylation is 1. The first-order chi connectivity index (χ1) is 16.5. The normalized spacial score (nSPS) is 21.8. The maximum absolute atomic E-state index is 13.9. The highest BCUT2D eigenvalue weighted by Gasteiger charge is 2.58. The van der Waals surface area contributed by atoms with Gasteiger partial charge in [0.1, 0.15) is 5.75 Å². The van der Waals surface area contributed by atoms with Crippen molar-refractivity contribution in [1.29, 1.82) is 0 Å². The third-order valence-corrected chi connectivity index (χ3v) is 8.61. The number of nitrogens with zero attached hydrogens (tertiary/aromatic N) is 1. The lowest BCUT2D eigenvalue weighted by atomic mass is 9.59. The zero-order chi connectivity index (χ0) is 25.0. The van der Waals surface area contributed by atoms with Crippen molar-refractivity contribution in [2.45, 2.75) is 56.9 Å². The molecule has 0 radical (unpaired) electrons. The first-order valence-corrected chi connectivity index (χ1v) is 14.1. The Bertz CT molecular complexity index is 1340. The minimum absolute atomic E-state index is 0.0101. The summed E-state index contributed by atoms with van der Waals surface area (Å²) in [5.41, 5.74) is 4.71. The third-order valence-electron chi connectivity index (χ3n) is 7.75. The Morgan fingerprint density at radius 2 is 1.89 bits per heavy atom. The highest BCUT2D eigenvalue weighted by Crippen LogP contribution is 2.60. The van der Waals surface area contributed by atoms with Crippen LogP contribution in [0.15, 0.2) is 42.6 Å². The van der Waals surface area contributed by atoms with Gasteiger partial charge in [-0.15, -0.1) is 0 Å². The molecular weight excluding hydrogens is 470 g/mol. The number of benzene rings is 2. The van der Waals surface area contributed by atoms with Gasteiger partial charge in [-0.25, -0.2) is 17.2 Å². The topological polar surface area (TPSA) is 62.4 Å². The molecule has 1 spiro atoms. The predicted molar refractivity (Wildman–Crippen MR) is 134 cm³/mol. The van der Waals surface area contributed by atoms with E-state index in [0.29, 0.717) is 13.0 Å². The van der Waals surface area contributed by atoms with Crippen molar-refractivity contribution >= 4 is 20.7 Å². The molecule has 2 aliphatic rings. The second-order valence-electron chi connectivity index (χ2n) is 10.6. The van der Waals surface area contributed by atoms with Crippen LogP contribution in [0.5, 0.6) is 5.75 Å². The summed E-state index contributed by atoms with van der Waals surface area (Å²) in [4.78, 5) is 5.69. The molecule has 1 atom stereocenters. The van der Waals surface area contributed by atoms with Gasteiger partial charge in [0.25, 0.3) is 0 Å². The number of hydrogen-bond donors (Lipinski definition) is 1. The van der Waals surface area contributed by atoms with Crippen LogP contribution in [0.25, 0.3) is 10.9 Å². The number of fused-ring (bicyclic) bond motifs is 1. The number of methoxy groups -OCH3 is 1. The fraction of sp³-hybridized carbons (Fsp3) is 0.481. The van der Waals surface area contributed by atoms with E-state index in [4.69, 9.17) is 4.74 Å². The van der Waals surface area contributed by atoms with Crippen LogP contribution in [0.4, 0.5) is 8.78 Å². The second kappa shape index (κ2) is 8.59. The SMILES string of the molecule is COc1cc(C)c2[nH]ccc2c1CN1CCC2(CC1c1ccc(CS(C)(=O)=O)cc1)CC(F)(F)C2. The molecule has 1 saturated heterocycles. The lowest BCUT2D eigenvalue weighted by Crippen LogP contribution is -2.53. The molecule has 2 fully saturated rings. The van der Waals surface area contributed by atoms with Gasteiger partial charge in [-0.05, 0) is 60.5 Å². The van der Waals surface area contributed by atoms with E-state index in [-0.39, 0.29) is 30.1 Å². The van der Waals surface area contributed by atoms with Gasteiger partial charge in [-0.1, -0.05) is 24.3 Å². The van der Waals surface area contributed by atoms with Crippen molar-refractivity contribution in [2.75, 3.05) is 19.9 Å². The summed E-state index contributed by atoms with van der Waals surface area (Å²) in [6, 6.07) is 11.7. The molecule has 188 valence electrons. The zero-order valence-corrected chi connectivity index (χ0v) is 21.2. The number of rotatable bonds is 6. The van der Waals surface area contributed by atoms with Crippen LogP contribution in [0.3, 0.4) is 0 Å². The van der Waals surface area contributed by atoms with Gasteiger partial charge in [-0.2, -0.15) is 0 Å². The summed E-state index contributed by atoms with van der Waals surface area (Å²) in [6.07, 6.45) is 4.47. The average molecular weight is 503 g/mol. The van der Waals surface area contributed by atoms with E-state index in [1.807, 2.05) is 43.5 Å². The standard InChI is InChI=1S/C27H32F2N2O3S/c1-18-12-24(34-2)22(21-8-10-30-25(18)21)14-31-11-9-26(16-27(28,29)17-26)13-23(31)20-6-4-19(5-7-20)15-35(3,32)33/h4-8,10,12,23,30H,9,11,13-17H2,1-3H3. The molecule has 0 amide bonds. The maximum atomic E-state index is 13.9. The number of nitrogens with one attached hydrogen (secondary N) is 1. The molecule has 8 heteroatoms. The highest BCUT2D eigenvalue weighted by atomic mass is 32.2. The molecule has 0 bridgehead atoms. The van der Waals surface area contributed by atoms with Crippen molar-refractivity contribution in [3.8, 4) is 5.75 Å². The van der Waals surface area contributed by atoms with Crippen LogP contribution in [0, 0.1) is 12.3 Å². The summed E-state index contributed by atoms with van der Waals surface area (Å²) in [5, 5.41) is 1.11. The largest absolute Gasteiger partial charge is 0.496 e. The predicted octanol–water partition coefficient (Wildman–Crippen LogP) is 5.78. The van der Waals surface area contributed by atoms with E-state index in [2.05, 4.69) is 16.0 Å². The first kappa shape index (κ1) is 24.3. The molecule has 2 aromatic carbocycles. The van der Waals surface area contributed by atoms with Crippen LogP contribution in [0.1, 0.15) is 54.0 Å². The van der Waals surface area contributed by atoms with Crippen molar-refractivity contribution in [3.63, 3.8) is 0 Å². The molecule has 35 heavy (non-hydrogen) atoms. The second-order valence-corrected chi connectivity index (χ2v) is 12.7. The van der Waals surface area contributed by atoms with Crippen LogP contribution in [0.2, 0.25) is 0 Å². The van der Waals surface area contributed by atoms with E-state index in [1.54, 1.807) is 7.11 Å². The molecule has 1 aromatic heterocycles. The van der Waals surface area contributed by atoms with Crippen LogP contribution in [-0.4, -0.2) is 44.1 Å². The number of H-pyrrole nitrogens is 1. The van der Waals surface area contributed by atoms with Gasteiger partial charge in [-0.3, -0.25) is 4.90 Å². The number of alkyl halides is 2. The van der Waals surface area contributed by atoms with Crippen molar-refractivity contribution in [3.05, 3.63) is 64.8 Å². The molecule has 1 saturated carbocycles. The minimum atomic E-state index is -3.13. The molecule has 5 rings (SSSR count). The Morgan fingerprint density at radius 3 is 2.51 bits per heavy atom. The van der Waals surface area contributed by atoms with Gasteiger partial charge in [0.15, 0.2) is 9.84 Å². The number of sulfone groups is 1. The summed E-state index contributed by atoms with van der Waals surface area (Å²) < 4.78 is 57.0. The molecule has 5 nitrogen and oxygen atoms in total. The monoisotopic (exact) mass is 502 g/mol. The molecule has 1 aliphatic heterocycles. The summed E-state index contributed by atoms with van der Waals surface area (Å²) >= 11 is 0. The van der Waals surface area contributed by atoms with Crippen molar-refractivity contribution in [2.24, 2.45) is 5.41 Å². The van der Waals surface area contributed by atoms with E-state index in [0.717, 1.165) is 51.9 Å². The van der Waals surface area contributed by atoms with E-state index < -0.39 is 15.8 Å². The minimum Gasteiger partial charge on any atom is -0.496 e. The van der Waals surface area contributed by atoms with Gasteiger partial charge >= 0.3 is 0 Å². The van der Waals surface area contributed by atoms with Crippen molar-refractivity contribution in [1.82, 2.24) is 9.88 Å². The summed E-state index contributed by atoms with van der Waals surface area (Å²) in [5.74, 6) is -1.75. The smallest absolute Gasteiger partial charge is 0.249 e. The fourth-order valence-electron chi connectivity index (χ4n) is 6.19.